The summed E-state index contributed by atoms with van der Waals surface area (Å²) >= 11 is 0. The highest BCUT2D eigenvalue weighted by Crippen LogP contribution is 2.45. The Morgan fingerprint density at radius 2 is 1.97 bits per heavy atom. The summed E-state index contributed by atoms with van der Waals surface area (Å²) in [5.74, 6) is -0.334. The number of aliphatic carboxylic acids is 1. The molecule has 2 aliphatic carbocycles. The molecule has 0 heterocycles. The van der Waals surface area contributed by atoms with Gasteiger partial charge in [-0.2, -0.15) is 0 Å². The molecule has 0 aromatic heterocycles. The van der Waals surface area contributed by atoms with Gasteiger partial charge in [0.05, 0.1) is 17.9 Å². The molecular formula is C26H42O6. The summed E-state index contributed by atoms with van der Waals surface area (Å²) in [5.41, 5.74) is 0.712. The molecule has 3 N–H and O–H groups in total. The van der Waals surface area contributed by atoms with Gasteiger partial charge in [0.1, 0.15) is 6.10 Å². The first kappa shape index (κ1) is 26.6. The van der Waals surface area contributed by atoms with E-state index in [1.165, 1.54) is 5.57 Å². The van der Waals surface area contributed by atoms with E-state index in [0.717, 1.165) is 19.3 Å². The topological polar surface area (TPSA) is 104 Å². The number of fused-ring (bicyclic) bond motifs is 1. The van der Waals surface area contributed by atoms with E-state index < -0.39 is 17.5 Å². The van der Waals surface area contributed by atoms with Crippen molar-refractivity contribution in [3.8, 4) is 0 Å². The smallest absolute Gasteiger partial charge is 0.311 e. The molecule has 0 radical (unpaired) electrons. The molecule has 0 saturated heterocycles. The zero-order valence-electron chi connectivity index (χ0n) is 20.3. The molecular weight excluding hydrogens is 408 g/mol. The third-order valence-electron chi connectivity index (χ3n) is 7.47. The molecule has 6 nitrogen and oxygen atoms in total. The maximum Gasteiger partial charge on any atom is 0.311 e. The SMILES string of the molecule is CCC(C)(C)C(=O)OC1CC(C)C=C2C=C[C@H](C)[C@H](CC[C@@H](CO)C[C@H](O)CC(=O)O)[C@H]21. The molecule has 0 spiro atoms. The number of hydrogen-bond donors (Lipinski definition) is 3. The molecule has 0 aromatic rings. The number of carbonyl (C=O) groups excluding carboxylic acids is 1. The normalized spacial score (nSPS) is 29.6. The number of carboxylic acids is 1. The van der Waals surface area contributed by atoms with E-state index in [1.54, 1.807) is 0 Å². The van der Waals surface area contributed by atoms with Crippen LogP contribution < -0.4 is 0 Å². The molecule has 0 aliphatic heterocycles. The number of carboxylic acid groups (broad SMARTS) is 1. The van der Waals surface area contributed by atoms with Crippen molar-refractivity contribution < 1.29 is 29.6 Å². The zero-order valence-corrected chi connectivity index (χ0v) is 20.3. The van der Waals surface area contributed by atoms with Gasteiger partial charge in [-0.15, -0.1) is 0 Å². The number of allylic oxidation sites excluding steroid dienone is 3. The molecule has 0 aromatic carbocycles. The van der Waals surface area contributed by atoms with Crippen LogP contribution in [0.3, 0.4) is 0 Å². The van der Waals surface area contributed by atoms with E-state index in [-0.39, 0.29) is 49.3 Å². The number of esters is 1. The van der Waals surface area contributed by atoms with E-state index in [4.69, 9.17) is 9.84 Å². The maximum absolute atomic E-state index is 12.9. The Balaban J connectivity index is 2.16. The fourth-order valence-electron chi connectivity index (χ4n) is 5.04. The lowest BCUT2D eigenvalue weighted by atomic mass is 9.65. The summed E-state index contributed by atoms with van der Waals surface area (Å²) < 4.78 is 6.14. The quantitative estimate of drug-likeness (QED) is 0.404. The van der Waals surface area contributed by atoms with Crippen LogP contribution in [0.5, 0.6) is 0 Å². The Labute approximate surface area is 192 Å². The Bertz CT molecular complexity index is 709. The van der Waals surface area contributed by atoms with Gasteiger partial charge in [0.15, 0.2) is 0 Å². The van der Waals surface area contributed by atoms with Crippen LogP contribution in [0.15, 0.2) is 23.8 Å². The van der Waals surface area contributed by atoms with E-state index in [1.807, 2.05) is 20.8 Å². The molecule has 0 saturated carbocycles. The lowest BCUT2D eigenvalue weighted by Gasteiger charge is -2.44. The fraction of sp³-hybridized carbons (Fsp3) is 0.769. The van der Waals surface area contributed by atoms with E-state index in [2.05, 4.69) is 32.1 Å². The zero-order chi connectivity index (χ0) is 24.1. The first-order valence-corrected chi connectivity index (χ1v) is 12.1. The van der Waals surface area contributed by atoms with Gasteiger partial charge in [0.25, 0.3) is 0 Å². The lowest BCUT2D eigenvalue weighted by Crippen LogP contribution is -2.43. The third kappa shape index (κ3) is 6.92. The first-order chi connectivity index (χ1) is 15.0. The van der Waals surface area contributed by atoms with Gasteiger partial charge in [-0.05, 0) is 75.2 Å². The van der Waals surface area contributed by atoms with E-state index in [0.29, 0.717) is 18.3 Å². The number of aliphatic hydroxyl groups excluding tert-OH is 2. The highest BCUT2D eigenvalue weighted by molar-refractivity contribution is 5.76. The highest BCUT2D eigenvalue weighted by atomic mass is 16.5. The van der Waals surface area contributed by atoms with Crippen molar-refractivity contribution in [1.82, 2.24) is 0 Å². The lowest BCUT2D eigenvalue weighted by molar-refractivity contribution is -0.164. The highest BCUT2D eigenvalue weighted by Gasteiger charge is 2.42. The Morgan fingerprint density at radius 1 is 1.28 bits per heavy atom. The van der Waals surface area contributed by atoms with Crippen LogP contribution in [-0.4, -0.2) is 46.1 Å². The molecule has 0 amide bonds. The molecule has 7 atom stereocenters. The Hall–Kier alpha value is -1.66. The summed E-state index contributed by atoms with van der Waals surface area (Å²) in [6, 6.07) is 0. The van der Waals surface area contributed by atoms with Gasteiger partial charge in [0, 0.05) is 12.5 Å². The van der Waals surface area contributed by atoms with Crippen LogP contribution in [0.1, 0.15) is 73.1 Å². The van der Waals surface area contributed by atoms with Gasteiger partial charge in [-0.3, -0.25) is 9.59 Å². The van der Waals surface area contributed by atoms with Crippen molar-refractivity contribution in [2.24, 2.45) is 35.0 Å². The molecule has 2 aliphatic rings. The predicted octanol–water partition coefficient (Wildman–Crippen LogP) is 4.35. The molecule has 6 heteroatoms. The van der Waals surface area contributed by atoms with Crippen LogP contribution >= 0.6 is 0 Å². The largest absolute Gasteiger partial charge is 0.481 e. The molecule has 2 unspecified atom stereocenters. The molecule has 182 valence electrons. The van der Waals surface area contributed by atoms with Crippen molar-refractivity contribution in [2.45, 2.75) is 85.4 Å². The average Bonchev–Trinajstić information content (AvgIpc) is 2.71. The number of hydrogen-bond acceptors (Lipinski definition) is 5. The van der Waals surface area contributed by atoms with Crippen LogP contribution in [-0.2, 0) is 14.3 Å². The molecule has 0 fully saturated rings. The minimum absolute atomic E-state index is 0.0822. The summed E-state index contributed by atoms with van der Waals surface area (Å²) in [4.78, 5) is 23.7. The van der Waals surface area contributed by atoms with Crippen molar-refractivity contribution in [1.29, 1.82) is 0 Å². The molecule has 0 bridgehead atoms. The summed E-state index contributed by atoms with van der Waals surface area (Å²) in [6.45, 7) is 10.1. The first-order valence-electron chi connectivity index (χ1n) is 12.1. The number of carbonyl (C=O) groups is 2. The second-order valence-corrected chi connectivity index (χ2v) is 10.6. The van der Waals surface area contributed by atoms with Crippen molar-refractivity contribution in [2.75, 3.05) is 6.61 Å². The van der Waals surface area contributed by atoms with Gasteiger partial charge in [0.2, 0.25) is 0 Å². The Morgan fingerprint density at radius 3 is 2.56 bits per heavy atom. The van der Waals surface area contributed by atoms with Crippen molar-refractivity contribution >= 4 is 11.9 Å². The standard InChI is InChI=1S/C26H42O6/c1-6-26(4,5)25(31)32-22-12-16(2)11-19-9-7-17(3)21(24(19)22)10-8-18(15-27)13-20(28)14-23(29)30/h7,9,11,16-18,20-22,24,27-28H,6,8,10,12-15H2,1-5H3,(H,29,30)/t16?,17-,18+,20-,21-,22?,24-/m0/s1. The second kappa shape index (κ2) is 11.5. The Kier molecular flexibility index (Phi) is 9.53. The van der Waals surface area contributed by atoms with Crippen LogP contribution in [0.2, 0.25) is 0 Å². The third-order valence-corrected chi connectivity index (χ3v) is 7.47. The summed E-state index contributed by atoms with van der Waals surface area (Å²) in [6.07, 6.45) is 8.54. The van der Waals surface area contributed by atoms with Crippen LogP contribution in [0.25, 0.3) is 0 Å². The maximum atomic E-state index is 12.9. The molecule has 2 rings (SSSR count). The number of ether oxygens (including phenoxy) is 1. The average molecular weight is 451 g/mol. The second-order valence-electron chi connectivity index (χ2n) is 10.6. The van der Waals surface area contributed by atoms with Gasteiger partial charge in [-0.1, -0.05) is 39.0 Å². The van der Waals surface area contributed by atoms with E-state index in [9.17, 15) is 19.8 Å². The van der Waals surface area contributed by atoms with Crippen LogP contribution in [0.4, 0.5) is 0 Å². The van der Waals surface area contributed by atoms with E-state index >= 15 is 0 Å². The summed E-state index contributed by atoms with van der Waals surface area (Å²) in [7, 11) is 0. The van der Waals surface area contributed by atoms with Crippen LogP contribution in [0, 0.1) is 35.0 Å². The van der Waals surface area contributed by atoms with Gasteiger partial charge >= 0.3 is 11.9 Å². The summed E-state index contributed by atoms with van der Waals surface area (Å²) in [5, 5.41) is 28.7. The minimum Gasteiger partial charge on any atom is -0.481 e. The molecule has 32 heavy (non-hydrogen) atoms. The minimum atomic E-state index is -1.04. The monoisotopic (exact) mass is 450 g/mol. The van der Waals surface area contributed by atoms with Crippen molar-refractivity contribution in [3.05, 3.63) is 23.8 Å². The van der Waals surface area contributed by atoms with Crippen molar-refractivity contribution in [3.63, 3.8) is 0 Å². The van der Waals surface area contributed by atoms with Gasteiger partial charge in [-0.25, -0.2) is 0 Å². The predicted molar refractivity (Wildman–Crippen MR) is 124 cm³/mol. The fourth-order valence-corrected chi connectivity index (χ4v) is 5.04. The number of rotatable bonds is 11. The number of aliphatic hydroxyl groups is 2. The van der Waals surface area contributed by atoms with Gasteiger partial charge < -0.3 is 20.1 Å².